The minimum absolute atomic E-state index is 0.0892. The Hall–Kier alpha value is -1.61. The Balaban J connectivity index is 2.65. The predicted molar refractivity (Wildman–Crippen MR) is 70.6 cm³/mol. The van der Waals surface area contributed by atoms with Gasteiger partial charge >= 0.3 is 0 Å². The van der Waals surface area contributed by atoms with Gasteiger partial charge in [-0.25, -0.2) is 0 Å². The lowest BCUT2D eigenvalue weighted by Gasteiger charge is -2.09. The van der Waals surface area contributed by atoms with Gasteiger partial charge in [-0.15, -0.1) is 0 Å². The van der Waals surface area contributed by atoms with Crippen molar-refractivity contribution in [2.45, 2.75) is 0 Å². The number of hydrogen-bond acceptors (Lipinski definition) is 1. The Kier molecular flexibility index (Phi) is 3.06. The second-order valence-electron chi connectivity index (χ2n) is 3.44. The highest BCUT2D eigenvalue weighted by Crippen LogP contribution is 2.30. The normalized spacial score (nSPS) is 10.1. The van der Waals surface area contributed by atoms with Gasteiger partial charge in [0.05, 0.1) is 0 Å². The standard InChI is InChI=1S/C13H11BrN2/c14-12-8-4-3-6-10(12)9-5-1-2-7-11(9)13(15)16/h1-8H,(H3,15,16). The minimum Gasteiger partial charge on any atom is -0.384 e. The number of nitrogens with one attached hydrogen (secondary N) is 1. The molecule has 0 aromatic heterocycles. The van der Waals surface area contributed by atoms with Gasteiger partial charge in [0.15, 0.2) is 0 Å². The molecule has 3 N–H and O–H groups in total. The van der Waals surface area contributed by atoms with Crippen LogP contribution in [0.15, 0.2) is 53.0 Å². The highest BCUT2D eigenvalue weighted by molar-refractivity contribution is 9.10. The monoisotopic (exact) mass is 274 g/mol. The van der Waals surface area contributed by atoms with E-state index < -0.39 is 0 Å². The molecule has 0 spiro atoms. The van der Waals surface area contributed by atoms with Crippen molar-refractivity contribution in [3.05, 3.63) is 58.6 Å². The van der Waals surface area contributed by atoms with Crippen LogP contribution in [0.25, 0.3) is 11.1 Å². The number of amidine groups is 1. The molecule has 0 fully saturated rings. The van der Waals surface area contributed by atoms with Gasteiger partial charge in [0.25, 0.3) is 0 Å². The van der Waals surface area contributed by atoms with Crippen LogP contribution in [0.2, 0.25) is 0 Å². The first-order valence-corrected chi connectivity index (χ1v) is 5.68. The molecule has 0 radical (unpaired) electrons. The van der Waals surface area contributed by atoms with Crippen LogP contribution in [-0.4, -0.2) is 5.84 Å². The van der Waals surface area contributed by atoms with E-state index in [0.29, 0.717) is 0 Å². The molecule has 2 aromatic rings. The van der Waals surface area contributed by atoms with Crippen LogP contribution in [0.3, 0.4) is 0 Å². The summed E-state index contributed by atoms with van der Waals surface area (Å²) < 4.78 is 1.00. The van der Waals surface area contributed by atoms with Crippen molar-refractivity contribution in [3.63, 3.8) is 0 Å². The Bertz CT molecular complexity index is 535. The highest BCUT2D eigenvalue weighted by atomic mass is 79.9. The molecule has 80 valence electrons. The molecule has 0 saturated heterocycles. The average Bonchev–Trinajstić information content (AvgIpc) is 2.29. The van der Waals surface area contributed by atoms with Gasteiger partial charge in [0.2, 0.25) is 0 Å². The van der Waals surface area contributed by atoms with E-state index in [-0.39, 0.29) is 5.84 Å². The second-order valence-corrected chi connectivity index (χ2v) is 4.29. The molecule has 3 heteroatoms. The summed E-state index contributed by atoms with van der Waals surface area (Å²) in [6.45, 7) is 0. The van der Waals surface area contributed by atoms with E-state index >= 15 is 0 Å². The average molecular weight is 275 g/mol. The van der Waals surface area contributed by atoms with E-state index in [1.807, 2.05) is 48.5 Å². The van der Waals surface area contributed by atoms with E-state index in [0.717, 1.165) is 21.2 Å². The third-order valence-corrected chi connectivity index (χ3v) is 3.07. The Morgan fingerprint density at radius 3 is 2.12 bits per heavy atom. The van der Waals surface area contributed by atoms with Crippen molar-refractivity contribution in [1.82, 2.24) is 0 Å². The van der Waals surface area contributed by atoms with Crippen LogP contribution < -0.4 is 5.73 Å². The van der Waals surface area contributed by atoms with E-state index in [2.05, 4.69) is 15.9 Å². The molecule has 0 amide bonds. The topological polar surface area (TPSA) is 49.9 Å². The summed E-state index contributed by atoms with van der Waals surface area (Å²) in [5.74, 6) is 0.0892. The number of halogens is 1. The van der Waals surface area contributed by atoms with Gasteiger partial charge in [-0.3, -0.25) is 5.41 Å². The van der Waals surface area contributed by atoms with Gasteiger partial charge in [0, 0.05) is 10.0 Å². The molecule has 0 bridgehead atoms. The van der Waals surface area contributed by atoms with E-state index in [1.165, 1.54) is 0 Å². The van der Waals surface area contributed by atoms with Gasteiger partial charge < -0.3 is 5.73 Å². The zero-order valence-corrected chi connectivity index (χ0v) is 10.2. The Labute approximate surface area is 103 Å². The van der Waals surface area contributed by atoms with E-state index in [1.54, 1.807) is 0 Å². The molecule has 0 saturated carbocycles. The molecule has 16 heavy (non-hydrogen) atoms. The molecular formula is C13H11BrN2. The molecule has 0 aliphatic heterocycles. The molecular weight excluding hydrogens is 264 g/mol. The minimum atomic E-state index is 0.0892. The Morgan fingerprint density at radius 1 is 0.938 bits per heavy atom. The number of nitrogen functional groups attached to an aromatic ring is 1. The summed E-state index contributed by atoms with van der Waals surface area (Å²) in [5.41, 5.74) is 8.35. The summed E-state index contributed by atoms with van der Waals surface area (Å²) in [6.07, 6.45) is 0. The lowest BCUT2D eigenvalue weighted by molar-refractivity contribution is 1.42. The van der Waals surface area contributed by atoms with Crippen LogP contribution >= 0.6 is 15.9 Å². The first-order valence-electron chi connectivity index (χ1n) is 4.88. The Morgan fingerprint density at radius 2 is 1.50 bits per heavy atom. The molecule has 0 aliphatic rings. The third kappa shape index (κ3) is 1.99. The quantitative estimate of drug-likeness (QED) is 0.640. The number of benzene rings is 2. The molecule has 0 heterocycles. The number of nitrogens with two attached hydrogens (primary N) is 1. The maximum Gasteiger partial charge on any atom is 0.123 e. The van der Waals surface area contributed by atoms with Crippen molar-refractivity contribution >= 4 is 21.8 Å². The summed E-state index contributed by atoms with van der Waals surface area (Å²) in [4.78, 5) is 0. The molecule has 0 unspecified atom stereocenters. The first kappa shape index (κ1) is 10.9. The fourth-order valence-corrected chi connectivity index (χ4v) is 2.13. The maximum absolute atomic E-state index is 7.56. The predicted octanol–water partition coefficient (Wildman–Crippen LogP) is 3.40. The maximum atomic E-state index is 7.56. The van der Waals surface area contributed by atoms with Crippen molar-refractivity contribution in [3.8, 4) is 11.1 Å². The lowest BCUT2D eigenvalue weighted by Crippen LogP contribution is -2.12. The smallest absolute Gasteiger partial charge is 0.123 e. The summed E-state index contributed by atoms with van der Waals surface area (Å²) in [5, 5.41) is 7.56. The molecule has 2 aromatic carbocycles. The van der Waals surface area contributed by atoms with Crippen molar-refractivity contribution in [2.75, 3.05) is 0 Å². The summed E-state index contributed by atoms with van der Waals surface area (Å²) >= 11 is 3.50. The summed E-state index contributed by atoms with van der Waals surface area (Å²) in [7, 11) is 0. The van der Waals surface area contributed by atoms with Crippen molar-refractivity contribution in [2.24, 2.45) is 5.73 Å². The van der Waals surface area contributed by atoms with Gasteiger partial charge in [0.1, 0.15) is 5.84 Å². The first-order chi connectivity index (χ1) is 7.70. The number of hydrogen-bond donors (Lipinski definition) is 2. The van der Waals surface area contributed by atoms with Crippen LogP contribution in [0.5, 0.6) is 0 Å². The fraction of sp³-hybridized carbons (Fsp3) is 0. The van der Waals surface area contributed by atoms with Crippen LogP contribution in [0.4, 0.5) is 0 Å². The van der Waals surface area contributed by atoms with Crippen LogP contribution in [0.1, 0.15) is 5.56 Å². The summed E-state index contributed by atoms with van der Waals surface area (Å²) in [6, 6.07) is 15.6. The second kappa shape index (κ2) is 4.49. The lowest BCUT2D eigenvalue weighted by atomic mass is 9.99. The zero-order valence-electron chi connectivity index (χ0n) is 8.57. The van der Waals surface area contributed by atoms with E-state index in [9.17, 15) is 0 Å². The molecule has 0 aliphatic carbocycles. The number of rotatable bonds is 2. The van der Waals surface area contributed by atoms with Crippen molar-refractivity contribution in [1.29, 1.82) is 5.41 Å². The fourth-order valence-electron chi connectivity index (χ4n) is 1.63. The van der Waals surface area contributed by atoms with Gasteiger partial charge in [-0.1, -0.05) is 58.4 Å². The third-order valence-electron chi connectivity index (χ3n) is 2.38. The van der Waals surface area contributed by atoms with Crippen LogP contribution in [-0.2, 0) is 0 Å². The SMILES string of the molecule is N=C(N)c1ccccc1-c1ccccc1Br. The zero-order chi connectivity index (χ0) is 11.5. The van der Waals surface area contributed by atoms with Gasteiger partial charge in [-0.2, -0.15) is 0 Å². The van der Waals surface area contributed by atoms with Crippen molar-refractivity contribution < 1.29 is 0 Å². The molecule has 2 rings (SSSR count). The largest absolute Gasteiger partial charge is 0.384 e. The van der Waals surface area contributed by atoms with E-state index in [4.69, 9.17) is 11.1 Å². The highest BCUT2D eigenvalue weighted by Gasteiger charge is 2.08. The molecule has 2 nitrogen and oxygen atoms in total. The molecule has 0 atom stereocenters. The van der Waals surface area contributed by atoms with Gasteiger partial charge in [-0.05, 0) is 17.2 Å². The van der Waals surface area contributed by atoms with Crippen LogP contribution in [0, 0.1) is 5.41 Å².